The topological polar surface area (TPSA) is 23.9 Å². The van der Waals surface area contributed by atoms with Gasteiger partial charge in [0.2, 0.25) is 0 Å². The summed E-state index contributed by atoms with van der Waals surface area (Å²) in [6.07, 6.45) is 0. The van der Waals surface area contributed by atoms with E-state index in [0.29, 0.717) is 0 Å². The Kier molecular flexibility index (Phi) is 2.46. The number of benzene rings is 1. The Labute approximate surface area is 72.7 Å². The summed E-state index contributed by atoms with van der Waals surface area (Å²) in [6.45, 7) is 0. The van der Waals surface area contributed by atoms with Crippen molar-refractivity contribution in [3.8, 4) is 0 Å². The number of hydrogen-bond acceptors (Lipinski definition) is 1. The molecule has 0 atom stereocenters. The highest BCUT2D eigenvalue weighted by Crippen LogP contribution is 2.11. The molecule has 0 spiro atoms. The van der Waals surface area contributed by atoms with Crippen LogP contribution in [0.3, 0.4) is 0 Å². The molecule has 0 saturated heterocycles. The van der Waals surface area contributed by atoms with Gasteiger partial charge in [0.15, 0.2) is 0 Å². The lowest BCUT2D eigenvalue weighted by molar-refractivity contribution is 1.51. The van der Waals surface area contributed by atoms with E-state index in [1.807, 2.05) is 12.1 Å². The number of hydrogen-bond donors (Lipinski definition) is 1. The lowest BCUT2D eigenvalue weighted by atomic mass is 10.2. The molecule has 10 heavy (non-hydrogen) atoms. The largest absolute Gasteiger partial charge is 0.289 e. The van der Waals surface area contributed by atoms with E-state index in [2.05, 4.69) is 15.9 Å². The molecule has 0 radical (unpaired) electrons. The second-order valence-corrected chi connectivity index (χ2v) is 3.11. The van der Waals surface area contributed by atoms with Crippen molar-refractivity contribution in [3.05, 3.63) is 34.3 Å². The molecule has 0 bridgehead atoms. The Balaban J connectivity index is 3.00. The molecule has 0 heterocycles. The highest BCUT2D eigenvalue weighted by atomic mass is 79.9. The average Bonchev–Trinajstić information content (AvgIpc) is 1.88. The van der Waals surface area contributed by atoms with Crippen LogP contribution in [0, 0.1) is 5.41 Å². The Hall–Kier alpha value is -0.340. The van der Waals surface area contributed by atoms with Crippen LogP contribution in [0.5, 0.6) is 0 Å². The number of rotatable bonds is 1. The van der Waals surface area contributed by atoms with E-state index in [0.717, 1.165) is 10.0 Å². The summed E-state index contributed by atoms with van der Waals surface area (Å²) in [5.74, 6) is 0. The van der Waals surface area contributed by atoms with Crippen molar-refractivity contribution in [2.45, 2.75) is 0 Å². The summed E-state index contributed by atoms with van der Waals surface area (Å²) < 4.78 is 0.995. The van der Waals surface area contributed by atoms with Gasteiger partial charge in [0, 0.05) is 10.0 Å². The van der Waals surface area contributed by atoms with Gasteiger partial charge in [0.1, 0.15) is 5.17 Å². The number of halogens is 2. The molecule has 1 aromatic carbocycles. The van der Waals surface area contributed by atoms with Crippen LogP contribution in [0.2, 0.25) is 0 Å². The van der Waals surface area contributed by atoms with Crippen molar-refractivity contribution in [1.82, 2.24) is 0 Å². The molecule has 0 amide bonds. The fraction of sp³-hybridized carbons (Fsp3) is 0. The van der Waals surface area contributed by atoms with Gasteiger partial charge in [0.25, 0.3) is 0 Å². The standard InChI is InChI=1S/C7H5BrClN/c8-6-3-1-5(2-4-6)7(9)10/h1-4,10H. The maximum absolute atomic E-state index is 7.06. The first kappa shape index (κ1) is 7.76. The molecule has 1 nitrogen and oxygen atoms in total. The lowest BCUT2D eigenvalue weighted by Gasteiger charge is -1.93. The Bertz CT molecular complexity index is 242. The van der Waals surface area contributed by atoms with Crippen LogP contribution < -0.4 is 0 Å². The van der Waals surface area contributed by atoms with Crippen LogP contribution >= 0.6 is 27.5 Å². The minimum Gasteiger partial charge on any atom is -0.289 e. The number of nitrogens with one attached hydrogen (secondary N) is 1. The first-order chi connectivity index (χ1) is 4.70. The molecule has 0 aliphatic heterocycles. The van der Waals surface area contributed by atoms with E-state index in [1.54, 1.807) is 12.1 Å². The van der Waals surface area contributed by atoms with Gasteiger partial charge in [-0.25, -0.2) is 0 Å². The molecule has 1 rings (SSSR count). The highest BCUT2D eigenvalue weighted by molar-refractivity contribution is 9.10. The quantitative estimate of drug-likeness (QED) is 0.701. The van der Waals surface area contributed by atoms with Crippen molar-refractivity contribution in [2.75, 3.05) is 0 Å². The van der Waals surface area contributed by atoms with Crippen LogP contribution in [0.25, 0.3) is 0 Å². The molecule has 0 saturated carbocycles. The zero-order chi connectivity index (χ0) is 7.56. The van der Waals surface area contributed by atoms with Gasteiger partial charge in [-0.3, -0.25) is 5.41 Å². The normalized spacial score (nSPS) is 9.40. The van der Waals surface area contributed by atoms with Crippen molar-refractivity contribution >= 4 is 32.7 Å². The summed E-state index contributed by atoms with van der Waals surface area (Å²) in [6, 6.07) is 7.29. The fourth-order valence-corrected chi connectivity index (χ4v) is 0.987. The maximum atomic E-state index is 7.06. The lowest BCUT2D eigenvalue weighted by Crippen LogP contribution is -1.85. The van der Waals surface area contributed by atoms with E-state index >= 15 is 0 Å². The van der Waals surface area contributed by atoms with Crippen LogP contribution in [0.4, 0.5) is 0 Å². The van der Waals surface area contributed by atoms with E-state index in [9.17, 15) is 0 Å². The molecule has 1 N–H and O–H groups in total. The molecule has 0 aliphatic rings. The second-order valence-electron chi connectivity index (χ2n) is 1.82. The van der Waals surface area contributed by atoms with Crippen LogP contribution in [0.15, 0.2) is 28.7 Å². The molecule has 0 fully saturated rings. The van der Waals surface area contributed by atoms with Crippen molar-refractivity contribution in [2.24, 2.45) is 0 Å². The molecule has 0 aromatic heterocycles. The molecule has 3 heteroatoms. The van der Waals surface area contributed by atoms with Gasteiger partial charge >= 0.3 is 0 Å². The summed E-state index contributed by atoms with van der Waals surface area (Å²) in [7, 11) is 0. The van der Waals surface area contributed by atoms with Crippen LogP contribution in [0.1, 0.15) is 5.56 Å². The zero-order valence-corrected chi connectivity index (χ0v) is 7.41. The third kappa shape index (κ3) is 1.82. The summed E-state index contributed by atoms with van der Waals surface area (Å²) >= 11 is 8.70. The third-order valence-corrected chi connectivity index (χ3v) is 1.84. The average molecular weight is 218 g/mol. The fourth-order valence-electron chi connectivity index (χ4n) is 0.596. The first-order valence-electron chi connectivity index (χ1n) is 2.70. The van der Waals surface area contributed by atoms with Crippen molar-refractivity contribution in [1.29, 1.82) is 5.41 Å². The highest BCUT2D eigenvalue weighted by Gasteiger charge is 1.94. The van der Waals surface area contributed by atoms with E-state index in [4.69, 9.17) is 17.0 Å². The smallest absolute Gasteiger partial charge is 0.128 e. The van der Waals surface area contributed by atoms with Crippen LogP contribution in [-0.4, -0.2) is 5.17 Å². The van der Waals surface area contributed by atoms with Gasteiger partial charge in [-0.2, -0.15) is 0 Å². The van der Waals surface area contributed by atoms with Crippen molar-refractivity contribution < 1.29 is 0 Å². The molecule has 0 aliphatic carbocycles. The monoisotopic (exact) mass is 217 g/mol. The van der Waals surface area contributed by atoms with Gasteiger partial charge in [-0.1, -0.05) is 39.7 Å². The molecular formula is C7H5BrClN. The Morgan fingerprint density at radius 2 is 1.80 bits per heavy atom. The summed E-state index contributed by atoms with van der Waals surface area (Å²) in [5, 5.41) is 7.13. The zero-order valence-electron chi connectivity index (χ0n) is 5.07. The van der Waals surface area contributed by atoms with Gasteiger partial charge in [0.05, 0.1) is 0 Å². The predicted molar refractivity (Wildman–Crippen MR) is 46.8 cm³/mol. The summed E-state index contributed by atoms with van der Waals surface area (Å²) in [4.78, 5) is 0. The SMILES string of the molecule is N=C(Cl)c1ccc(Br)cc1. The first-order valence-corrected chi connectivity index (χ1v) is 3.87. The Morgan fingerprint density at radius 1 is 1.30 bits per heavy atom. The van der Waals surface area contributed by atoms with Gasteiger partial charge < -0.3 is 0 Å². The van der Waals surface area contributed by atoms with E-state index in [-0.39, 0.29) is 5.17 Å². The minimum atomic E-state index is 0.0764. The minimum absolute atomic E-state index is 0.0764. The third-order valence-electron chi connectivity index (χ3n) is 1.10. The molecule has 52 valence electrons. The van der Waals surface area contributed by atoms with Crippen molar-refractivity contribution in [3.63, 3.8) is 0 Å². The van der Waals surface area contributed by atoms with Gasteiger partial charge in [-0.15, -0.1) is 0 Å². The van der Waals surface area contributed by atoms with E-state index in [1.165, 1.54) is 0 Å². The maximum Gasteiger partial charge on any atom is 0.128 e. The van der Waals surface area contributed by atoms with E-state index < -0.39 is 0 Å². The molecule has 0 unspecified atom stereocenters. The molecular weight excluding hydrogens is 213 g/mol. The predicted octanol–water partition coefficient (Wildman–Crippen LogP) is 3.01. The summed E-state index contributed by atoms with van der Waals surface area (Å²) in [5.41, 5.74) is 0.741. The Morgan fingerprint density at radius 3 is 2.20 bits per heavy atom. The molecule has 1 aromatic rings. The van der Waals surface area contributed by atoms with Crippen LogP contribution in [-0.2, 0) is 0 Å². The van der Waals surface area contributed by atoms with Gasteiger partial charge in [-0.05, 0) is 12.1 Å². The second kappa shape index (κ2) is 3.17.